The van der Waals surface area contributed by atoms with Crippen molar-refractivity contribution in [2.24, 2.45) is 0 Å². The molecule has 6 nitrogen and oxygen atoms in total. The minimum atomic E-state index is -0.677. The fourth-order valence-electron chi connectivity index (χ4n) is 9.96. The Morgan fingerprint density at radius 2 is 0.694 bits per heavy atom. The Balaban J connectivity index is 3.46. The molecule has 0 spiro atoms. The van der Waals surface area contributed by atoms with E-state index >= 15 is 0 Å². The number of hydrogen-bond acceptors (Lipinski definition) is 5. The van der Waals surface area contributed by atoms with E-state index in [9.17, 15) is 19.8 Å². The molecule has 0 saturated heterocycles. The lowest BCUT2D eigenvalue weighted by Crippen LogP contribution is -2.45. The van der Waals surface area contributed by atoms with Crippen LogP contribution >= 0.6 is 0 Å². The quantitative estimate of drug-likeness (QED) is 0.0320. The van der Waals surface area contributed by atoms with Crippen LogP contribution < -0.4 is 5.32 Å². The molecule has 0 aromatic rings. The molecule has 3 N–H and O–H groups in total. The third-order valence-electron chi connectivity index (χ3n) is 14.9. The molecule has 0 aromatic carbocycles. The molecule has 0 fully saturated rings. The zero-order valence-corrected chi connectivity index (χ0v) is 48.4. The summed E-state index contributed by atoms with van der Waals surface area (Å²) in [5.41, 5.74) is 0. The predicted octanol–water partition coefficient (Wildman–Crippen LogP) is 20.4. The van der Waals surface area contributed by atoms with Gasteiger partial charge in [0.25, 0.3) is 0 Å². The topological polar surface area (TPSA) is 95.9 Å². The second kappa shape index (κ2) is 61.6. The third-order valence-corrected chi connectivity index (χ3v) is 14.9. The van der Waals surface area contributed by atoms with Crippen LogP contribution in [0.15, 0.2) is 36.5 Å². The third kappa shape index (κ3) is 57.4. The maximum Gasteiger partial charge on any atom is 0.305 e. The van der Waals surface area contributed by atoms with Crippen molar-refractivity contribution < 1.29 is 24.5 Å². The van der Waals surface area contributed by atoms with Gasteiger partial charge in [-0.1, -0.05) is 288 Å². The summed E-state index contributed by atoms with van der Waals surface area (Å²) in [7, 11) is 0. The first-order valence-corrected chi connectivity index (χ1v) is 32.2. The van der Waals surface area contributed by atoms with Crippen LogP contribution in [0.4, 0.5) is 0 Å². The van der Waals surface area contributed by atoms with Crippen molar-refractivity contribution in [3.05, 3.63) is 36.5 Å². The normalized spacial score (nSPS) is 12.8. The van der Waals surface area contributed by atoms with Gasteiger partial charge in [0.15, 0.2) is 0 Å². The first-order chi connectivity index (χ1) is 35.5. The van der Waals surface area contributed by atoms with Crippen LogP contribution in [-0.2, 0) is 14.3 Å². The molecular weight excluding hydrogens is 887 g/mol. The molecule has 72 heavy (non-hydrogen) atoms. The van der Waals surface area contributed by atoms with Crippen LogP contribution in [0, 0.1) is 0 Å². The van der Waals surface area contributed by atoms with Gasteiger partial charge in [-0.2, -0.15) is 0 Å². The lowest BCUT2D eigenvalue weighted by molar-refractivity contribution is -0.143. The van der Waals surface area contributed by atoms with E-state index in [0.717, 1.165) is 70.6 Å². The van der Waals surface area contributed by atoms with Gasteiger partial charge in [0.05, 0.1) is 25.4 Å². The van der Waals surface area contributed by atoms with Crippen LogP contribution in [0.2, 0.25) is 0 Å². The lowest BCUT2D eigenvalue weighted by Gasteiger charge is -2.22. The number of hydrogen-bond donors (Lipinski definition) is 3. The van der Waals surface area contributed by atoms with Crippen LogP contribution in [0.3, 0.4) is 0 Å². The van der Waals surface area contributed by atoms with Crippen molar-refractivity contribution in [1.29, 1.82) is 0 Å². The Hall–Kier alpha value is -1.92. The van der Waals surface area contributed by atoms with Crippen molar-refractivity contribution >= 4 is 11.9 Å². The minimum absolute atomic E-state index is 0.00997. The van der Waals surface area contributed by atoms with E-state index in [1.165, 1.54) is 244 Å². The Bertz CT molecular complexity index is 1170. The molecule has 0 aliphatic rings. The molecule has 0 aliphatic heterocycles. The molecule has 6 heteroatoms. The largest absolute Gasteiger partial charge is 0.466 e. The van der Waals surface area contributed by atoms with E-state index in [1.54, 1.807) is 0 Å². The van der Waals surface area contributed by atoms with Gasteiger partial charge >= 0.3 is 5.97 Å². The van der Waals surface area contributed by atoms with Crippen LogP contribution in [0.1, 0.15) is 348 Å². The molecule has 0 aliphatic carbocycles. The molecule has 0 bridgehead atoms. The molecule has 1 amide bonds. The fourth-order valence-corrected chi connectivity index (χ4v) is 9.96. The maximum atomic E-state index is 12.5. The van der Waals surface area contributed by atoms with Crippen LogP contribution in [0.25, 0.3) is 0 Å². The Morgan fingerprint density at radius 3 is 1.10 bits per heavy atom. The van der Waals surface area contributed by atoms with E-state index in [1.807, 2.05) is 0 Å². The molecule has 0 aromatic heterocycles. The summed E-state index contributed by atoms with van der Waals surface area (Å²) in [6.45, 7) is 4.92. The number of unbranched alkanes of at least 4 members (excludes halogenated alkanes) is 43. The zero-order valence-electron chi connectivity index (χ0n) is 48.4. The summed E-state index contributed by atoms with van der Waals surface area (Å²) < 4.78 is 5.48. The highest BCUT2D eigenvalue weighted by molar-refractivity contribution is 5.76. The second-order valence-corrected chi connectivity index (χ2v) is 22.1. The molecule has 0 heterocycles. The number of carbonyl (C=O) groups is 2. The standard InChI is InChI=1S/C66H125NO5/c1-3-5-7-9-11-13-15-17-19-21-22-23-24-25-27-30-34-38-42-46-50-54-58-64(69)63(62-68)67-65(70)59-55-51-47-43-39-35-31-28-29-33-37-41-45-49-53-57-61-72-66(71)60-56-52-48-44-40-36-32-26-20-18-16-14-12-10-8-6-4-2/h12,14,18,20,28,31,63-64,68-69H,3-11,13,15-17,19,21-27,29-30,32-62H2,1-2H3,(H,67,70)/b14-12-,20-18-,31-28-. The predicted molar refractivity (Wildman–Crippen MR) is 315 cm³/mol. The van der Waals surface area contributed by atoms with Gasteiger partial charge in [-0.25, -0.2) is 0 Å². The van der Waals surface area contributed by atoms with Crippen molar-refractivity contribution in [2.45, 2.75) is 360 Å². The monoisotopic (exact) mass is 1010 g/mol. The number of amides is 1. The first kappa shape index (κ1) is 70.1. The summed E-state index contributed by atoms with van der Waals surface area (Å²) in [6, 6.07) is -0.556. The van der Waals surface area contributed by atoms with Crippen molar-refractivity contribution in [3.63, 3.8) is 0 Å². The Labute approximate surface area is 449 Å². The van der Waals surface area contributed by atoms with Crippen molar-refractivity contribution in [1.82, 2.24) is 5.32 Å². The van der Waals surface area contributed by atoms with Gasteiger partial charge < -0.3 is 20.3 Å². The number of ether oxygens (including phenoxy) is 1. The van der Waals surface area contributed by atoms with Crippen molar-refractivity contribution in [3.8, 4) is 0 Å². The highest BCUT2D eigenvalue weighted by Crippen LogP contribution is 2.18. The number of nitrogens with one attached hydrogen (secondary N) is 1. The summed E-state index contributed by atoms with van der Waals surface area (Å²) in [4.78, 5) is 24.6. The Morgan fingerprint density at radius 1 is 0.389 bits per heavy atom. The van der Waals surface area contributed by atoms with Gasteiger partial charge in [0.1, 0.15) is 0 Å². The van der Waals surface area contributed by atoms with E-state index < -0.39 is 12.1 Å². The lowest BCUT2D eigenvalue weighted by atomic mass is 10.0. The summed E-state index contributed by atoms with van der Waals surface area (Å²) in [6.07, 6.45) is 77.2. The second-order valence-electron chi connectivity index (χ2n) is 22.1. The van der Waals surface area contributed by atoms with Gasteiger partial charge in [0.2, 0.25) is 5.91 Å². The highest BCUT2D eigenvalue weighted by Gasteiger charge is 2.20. The number of rotatable bonds is 60. The van der Waals surface area contributed by atoms with Gasteiger partial charge in [-0.15, -0.1) is 0 Å². The van der Waals surface area contributed by atoms with Gasteiger partial charge in [-0.05, 0) is 83.5 Å². The molecule has 424 valence electrons. The van der Waals surface area contributed by atoms with Crippen LogP contribution in [-0.4, -0.2) is 47.4 Å². The first-order valence-electron chi connectivity index (χ1n) is 32.2. The zero-order chi connectivity index (χ0) is 52.2. The number of allylic oxidation sites excluding steroid dienone is 6. The van der Waals surface area contributed by atoms with E-state index in [-0.39, 0.29) is 18.5 Å². The fraction of sp³-hybridized carbons (Fsp3) is 0.879. The van der Waals surface area contributed by atoms with E-state index in [2.05, 4.69) is 55.6 Å². The van der Waals surface area contributed by atoms with Gasteiger partial charge in [0, 0.05) is 12.8 Å². The molecule has 0 saturated carbocycles. The van der Waals surface area contributed by atoms with Gasteiger partial charge in [-0.3, -0.25) is 9.59 Å². The highest BCUT2D eigenvalue weighted by atomic mass is 16.5. The van der Waals surface area contributed by atoms with Crippen LogP contribution in [0.5, 0.6) is 0 Å². The number of aliphatic hydroxyl groups is 2. The smallest absolute Gasteiger partial charge is 0.305 e. The Kier molecular flexibility index (Phi) is 60.0. The molecule has 0 rings (SSSR count). The van der Waals surface area contributed by atoms with E-state index in [4.69, 9.17) is 4.74 Å². The number of aliphatic hydroxyl groups excluding tert-OH is 2. The summed E-state index contributed by atoms with van der Waals surface area (Å²) in [5, 5.41) is 23.4. The molecule has 0 radical (unpaired) electrons. The van der Waals surface area contributed by atoms with E-state index in [0.29, 0.717) is 25.9 Å². The number of esters is 1. The SMILES string of the molecule is CCCCC/C=C\C/C=C\CCCCCCCCCC(=O)OCCCCCCCCC/C=C\CCCCCCCC(=O)NC(CO)C(O)CCCCCCCCCCCCCCCCCCCCCCCC. The minimum Gasteiger partial charge on any atom is -0.466 e. The molecule has 2 unspecified atom stereocenters. The molecule has 2 atom stereocenters. The van der Waals surface area contributed by atoms with Crippen molar-refractivity contribution in [2.75, 3.05) is 13.2 Å². The number of carbonyl (C=O) groups excluding carboxylic acids is 2. The summed E-state index contributed by atoms with van der Waals surface area (Å²) in [5.74, 6) is -0.0593. The average molecular weight is 1010 g/mol. The molecular formula is C66H125NO5. The summed E-state index contributed by atoms with van der Waals surface area (Å²) >= 11 is 0. The maximum absolute atomic E-state index is 12.5. The average Bonchev–Trinajstić information content (AvgIpc) is 3.38.